The molecule has 2 heterocycles. The fourth-order valence-corrected chi connectivity index (χ4v) is 9.84. The number of nitrogens with zero attached hydrogens (tertiary/aromatic N) is 3. The van der Waals surface area contributed by atoms with E-state index in [1.54, 1.807) is 0 Å². The molecular weight excluding hydrogens is 763 g/mol. The van der Waals surface area contributed by atoms with E-state index in [-0.39, 0.29) is 0 Å². The van der Waals surface area contributed by atoms with Crippen molar-refractivity contribution in [3.05, 3.63) is 237 Å². The van der Waals surface area contributed by atoms with Gasteiger partial charge in [-0.15, -0.1) is 0 Å². The van der Waals surface area contributed by atoms with Crippen molar-refractivity contribution in [3.63, 3.8) is 0 Å². The molecule has 2 aromatic heterocycles. The Hall–Kier alpha value is -8.40. The molecule has 0 bridgehead atoms. The van der Waals surface area contributed by atoms with Gasteiger partial charge in [-0.2, -0.15) is 0 Å². The van der Waals surface area contributed by atoms with Gasteiger partial charge in [0.2, 0.25) is 0 Å². The van der Waals surface area contributed by atoms with Gasteiger partial charge in [0.25, 0.3) is 0 Å². The topological polar surface area (TPSA) is 29.0 Å². The van der Waals surface area contributed by atoms with Gasteiger partial charge >= 0.3 is 0 Å². The van der Waals surface area contributed by atoms with Gasteiger partial charge in [0, 0.05) is 53.0 Å². The van der Waals surface area contributed by atoms with E-state index in [0.717, 1.165) is 44.9 Å². The van der Waals surface area contributed by atoms with Gasteiger partial charge in [-0.25, -0.2) is 0 Å². The first-order valence-electron chi connectivity index (χ1n) is 21.5. The van der Waals surface area contributed by atoms with Crippen LogP contribution in [0.25, 0.3) is 99.4 Å². The second kappa shape index (κ2) is 15.3. The van der Waals surface area contributed by atoms with Crippen LogP contribution >= 0.6 is 0 Å². The zero-order valence-electron chi connectivity index (χ0n) is 34.4. The van der Waals surface area contributed by atoms with E-state index in [4.69, 9.17) is 0 Å². The lowest BCUT2D eigenvalue weighted by Gasteiger charge is -2.27. The molecule has 3 heteroatoms. The quantitative estimate of drug-likeness (QED) is 0.153. The molecule has 3 nitrogen and oxygen atoms in total. The number of fused-ring (bicyclic) bond motifs is 4. The van der Waals surface area contributed by atoms with Crippen LogP contribution in [0, 0.1) is 0 Å². The summed E-state index contributed by atoms with van der Waals surface area (Å²) in [6.45, 7) is 0. The predicted octanol–water partition coefficient (Wildman–Crippen LogP) is 16.2. The highest BCUT2D eigenvalue weighted by Gasteiger charge is 2.31. The molecule has 1 aliphatic carbocycles. The van der Waals surface area contributed by atoms with Crippen LogP contribution in [0.4, 0.5) is 17.1 Å². The molecule has 0 N–H and O–H groups in total. The van der Waals surface area contributed by atoms with Crippen molar-refractivity contribution in [1.82, 2.24) is 9.97 Å². The smallest absolute Gasteiger partial charge is 0.0474 e. The zero-order chi connectivity index (χ0) is 41.7. The second-order valence-electron chi connectivity index (χ2n) is 16.1. The number of hydrogen-bond acceptors (Lipinski definition) is 3. The minimum atomic E-state index is 1.04. The summed E-state index contributed by atoms with van der Waals surface area (Å²) in [5.41, 5.74) is 20.0. The van der Waals surface area contributed by atoms with Crippen molar-refractivity contribution in [2.45, 2.75) is 0 Å². The Kier molecular flexibility index (Phi) is 8.83. The summed E-state index contributed by atoms with van der Waals surface area (Å²) >= 11 is 0. The molecule has 0 atom stereocenters. The molecule has 12 rings (SSSR count). The van der Waals surface area contributed by atoms with E-state index in [1.807, 2.05) is 36.9 Å². The Balaban J connectivity index is 1.07. The average molecular weight is 802 g/mol. The van der Waals surface area contributed by atoms with Gasteiger partial charge in [0.1, 0.15) is 0 Å². The normalized spacial score (nSPS) is 11.5. The van der Waals surface area contributed by atoms with Gasteiger partial charge in [-0.1, -0.05) is 158 Å². The molecule has 0 radical (unpaired) electrons. The lowest BCUT2D eigenvalue weighted by atomic mass is 9.82. The third kappa shape index (κ3) is 6.21. The number of rotatable bonds is 8. The van der Waals surface area contributed by atoms with Crippen molar-refractivity contribution in [1.29, 1.82) is 0 Å². The maximum absolute atomic E-state index is 4.48. The Labute approximate surface area is 366 Å². The maximum Gasteiger partial charge on any atom is 0.0474 e. The van der Waals surface area contributed by atoms with E-state index in [2.05, 4.69) is 215 Å². The molecule has 0 amide bonds. The summed E-state index contributed by atoms with van der Waals surface area (Å²) in [5, 5.41) is 5.06. The molecule has 1 aliphatic rings. The highest BCUT2D eigenvalue weighted by Crippen LogP contribution is 2.58. The molecule has 11 aromatic rings. The van der Waals surface area contributed by atoms with Crippen molar-refractivity contribution >= 4 is 38.6 Å². The van der Waals surface area contributed by atoms with Gasteiger partial charge in [-0.3, -0.25) is 9.97 Å². The zero-order valence-corrected chi connectivity index (χ0v) is 34.4. The molecule has 0 aliphatic heterocycles. The first kappa shape index (κ1) is 36.5. The number of para-hydroxylation sites is 1. The van der Waals surface area contributed by atoms with Gasteiger partial charge < -0.3 is 4.90 Å². The predicted molar refractivity (Wildman–Crippen MR) is 263 cm³/mol. The Morgan fingerprint density at radius 2 is 0.730 bits per heavy atom. The lowest BCUT2D eigenvalue weighted by Crippen LogP contribution is -2.10. The third-order valence-electron chi connectivity index (χ3n) is 12.5. The van der Waals surface area contributed by atoms with E-state index < -0.39 is 0 Å². The second-order valence-corrected chi connectivity index (χ2v) is 16.1. The lowest BCUT2D eigenvalue weighted by molar-refractivity contribution is 1.28. The average Bonchev–Trinajstić information content (AvgIpc) is 3.69. The molecule has 0 saturated carbocycles. The molecule has 9 aromatic carbocycles. The monoisotopic (exact) mass is 801 g/mol. The van der Waals surface area contributed by atoms with Crippen LogP contribution in [-0.2, 0) is 0 Å². The van der Waals surface area contributed by atoms with Gasteiger partial charge in [-0.05, 0) is 143 Å². The van der Waals surface area contributed by atoms with E-state index in [0.29, 0.717) is 0 Å². The van der Waals surface area contributed by atoms with Gasteiger partial charge in [0.15, 0.2) is 0 Å². The molecule has 63 heavy (non-hydrogen) atoms. The van der Waals surface area contributed by atoms with E-state index in [1.165, 1.54) is 71.6 Å². The minimum Gasteiger partial charge on any atom is -0.310 e. The number of hydrogen-bond donors (Lipinski definition) is 0. The van der Waals surface area contributed by atoms with Gasteiger partial charge in [0.05, 0.1) is 0 Å². The maximum atomic E-state index is 4.48. The van der Waals surface area contributed by atoms with Crippen LogP contribution in [0.5, 0.6) is 0 Å². The fraction of sp³-hybridized carbons (Fsp3) is 0. The number of aromatic nitrogens is 2. The van der Waals surface area contributed by atoms with E-state index in [9.17, 15) is 0 Å². The highest BCUT2D eigenvalue weighted by atomic mass is 15.1. The first-order valence-corrected chi connectivity index (χ1v) is 21.5. The summed E-state index contributed by atoms with van der Waals surface area (Å²) in [5.74, 6) is 0. The standard InChI is InChI=1S/C60H39N3/c1-4-16-40(17-5-1)56-52-26-10-11-27-53(52)57(41-18-6-2-7-19-41)60-55-31-30-50(51-28-13-29-54(58(51)55)59(56)60)42-20-12-25-48(35-42)63(47-23-8-3-9-24-47)49-36-45(43-21-14-32-61-38-43)34-46(37-49)44-22-15-33-62-39-44/h1-39H. The van der Waals surface area contributed by atoms with Crippen LogP contribution in [0.2, 0.25) is 0 Å². The Bertz CT molecular complexity index is 3330. The summed E-state index contributed by atoms with van der Waals surface area (Å²) < 4.78 is 0. The van der Waals surface area contributed by atoms with Crippen LogP contribution in [0.1, 0.15) is 0 Å². The van der Waals surface area contributed by atoms with Crippen LogP contribution in [0.3, 0.4) is 0 Å². The van der Waals surface area contributed by atoms with Crippen LogP contribution in [0.15, 0.2) is 237 Å². The Morgan fingerprint density at radius 3 is 1.32 bits per heavy atom. The van der Waals surface area contributed by atoms with Crippen LogP contribution in [-0.4, -0.2) is 9.97 Å². The summed E-state index contributed by atoms with van der Waals surface area (Å²) in [6.07, 6.45) is 7.51. The molecular formula is C60H39N3. The summed E-state index contributed by atoms with van der Waals surface area (Å²) in [4.78, 5) is 11.3. The van der Waals surface area contributed by atoms with E-state index >= 15 is 0 Å². The number of anilines is 3. The molecule has 294 valence electrons. The number of benzene rings is 9. The molecule has 0 unspecified atom stereocenters. The first-order chi connectivity index (χ1) is 31.3. The minimum absolute atomic E-state index is 1.04. The van der Waals surface area contributed by atoms with Crippen molar-refractivity contribution in [2.75, 3.05) is 4.90 Å². The number of pyridine rings is 2. The van der Waals surface area contributed by atoms with Crippen LogP contribution < -0.4 is 4.90 Å². The van der Waals surface area contributed by atoms with Crippen molar-refractivity contribution in [3.8, 4) is 77.9 Å². The molecule has 0 saturated heterocycles. The fourth-order valence-electron chi connectivity index (χ4n) is 9.84. The van der Waals surface area contributed by atoms with Crippen molar-refractivity contribution in [2.24, 2.45) is 0 Å². The molecule has 0 fully saturated rings. The SMILES string of the molecule is c1ccc(-c2c3c(c(-c4ccccc4)c4ccccc24)-c2ccc(-c4cccc(N(c5ccccc5)c5cc(-c6cccnc6)cc(-c6cccnc6)c5)c4)c4cccc-3c24)cc1. The van der Waals surface area contributed by atoms with Crippen molar-refractivity contribution < 1.29 is 0 Å². The summed E-state index contributed by atoms with van der Waals surface area (Å²) in [7, 11) is 0. The third-order valence-corrected chi connectivity index (χ3v) is 12.5. The summed E-state index contributed by atoms with van der Waals surface area (Å²) in [6, 6.07) is 77.1. The molecule has 0 spiro atoms. The Morgan fingerprint density at radius 1 is 0.270 bits per heavy atom. The highest BCUT2D eigenvalue weighted by molar-refractivity contribution is 6.28. The largest absolute Gasteiger partial charge is 0.310 e.